The van der Waals surface area contributed by atoms with Gasteiger partial charge in [-0.05, 0) is 44.1 Å². The van der Waals surface area contributed by atoms with Crippen molar-refractivity contribution in [3.8, 4) is 0 Å². The molecule has 1 N–H and O–H groups in total. The van der Waals surface area contributed by atoms with E-state index in [9.17, 15) is 4.79 Å². The maximum Gasteiger partial charge on any atom is 0.273 e. The lowest BCUT2D eigenvalue weighted by atomic mass is 10.0. The highest BCUT2D eigenvalue weighted by Crippen LogP contribution is 2.28. The average molecular weight is 394 g/mol. The summed E-state index contributed by atoms with van der Waals surface area (Å²) in [5, 5.41) is 6.67. The minimum Gasteiger partial charge on any atom is -0.337 e. The molecular weight excluding hydrogens is 365 g/mol. The highest BCUT2D eigenvalue weighted by molar-refractivity contribution is 7.09. The molecule has 2 aliphatic rings. The van der Waals surface area contributed by atoms with Crippen molar-refractivity contribution in [2.45, 2.75) is 52.0 Å². The number of hydrogen-bond donors (Lipinski definition) is 1. The number of nitrogens with one attached hydrogen (secondary N) is 1. The molecule has 3 rings (SSSR count). The predicted molar refractivity (Wildman–Crippen MR) is 105 cm³/mol. The number of piperidine rings is 1. The van der Waals surface area contributed by atoms with Crippen LogP contribution in [0.4, 0.5) is 0 Å². The van der Waals surface area contributed by atoms with E-state index in [0.717, 1.165) is 43.3 Å². The molecule has 1 saturated heterocycles. The van der Waals surface area contributed by atoms with Gasteiger partial charge >= 0.3 is 0 Å². The Balaban J connectivity index is 0.00000144. The molecule has 1 aromatic rings. The highest BCUT2D eigenvalue weighted by Gasteiger charge is 2.27. The Bertz CT molecular complexity index is 512. The SMILES string of the molecule is CC(C)Cc1nc(C(=O)N2CCC(NCC3CC3)CC2)cs1.Cl.Cl. The zero-order chi connectivity index (χ0) is 15.5. The zero-order valence-corrected chi connectivity index (χ0v) is 16.9. The molecule has 0 unspecified atom stereocenters. The number of likely N-dealkylation sites (tertiary alicyclic amines) is 1. The van der Waals surface area contributed by atoms with E-state index in [2.05, 4.69) is 24.1 Å². The van der Waals surface area contributed by atoms with Crippen LogP contribution < -0.4 is 5.32 Å². The summed E-state index contributed by atoms with van der Waals surface area (Å²) in [7, 11) is 0. The number of nitrogens with zero attached hydrogens (tertiary/aromatic N) is 2. The molecule has 4 nitrogen and oxygen atoms in total. The second kappa shape index (κ2) is 9.95. The first-order valence-corrected chi connectivity index (χ1v) is 9.47. The lowest BCUT2D eigenvalue weighted by Gasteiger charge is -2.32. The number of aromatic nitrogens is 1. The molecule has 1 saturated carbocycles. The molecule has 0 atom stereocenters. The van der Waals surface area contributed by atoms with Crippen LogP contribution in [0.1, 0.15) is 55.0 Å². The van der Waals surface area contributed by atoms with E-state index in [-0.39, 0.29) is 30.7 Å². The van der Waals surface area contributed by atoms with Gasteiger partial charge in [0.15, 0.2) is 0 Å². The van der Waals surface area contributed by atoms with Gasteiger partial charge in [-0.2, -0.15) is 0 Å². The number of thiazole rings is 1. The molecule has 138 valence electrons. The molecule has 24 heavy (non-hydrogen) atoms. The number of rotatable bonds is 6. The fraction of sp³-hybridized carbons (Fsp3) is 0.765. The Morgan fingerprint density at radius 2 is 1.96 bits per heavy atom. The van der Waals surface area contributed by atoms with Crippen molar-refractivity contribution >= 4 is 42.1 Å². The molecule has 1 aliphatic heterocycles. The van der Waals surface area contributed by atoms with Crippen molar-refractivity contribution in [1.29, 1.82) is 0 Å². The van der Waals surface area contributed by atoms with E-state index < -0.39 is 0 Å². The Morgan fingerprint density at radius 1 is 1.29 bits per heavy atom. The van der Waals surface area contributed by atoms with Crippen molar-refractivity contribution < 1.29 is 4.79 Å². The molecule has 1 aromatic heterocycles. The Kier molecular flexibility index (Phi) is 8.99. The first-order valence-electron chi connectivity index (χ1n) is 8.59. The standard InChI is InChI=1S/C17H27N3OS.2ClH/c1-12(2)9-16-19-15(11-22-16)17(21)20-7-5-14(6-8-20)18-10-13-3-4-13;;/h11-14,18H,3-10H2,1-2H3;2*1H. The number of halogens is 2. The van der Waals surface area contributed by atoms with Gasteiger partial charge in [0.25, 0.3) is 5.91 Å². The highest BCUT2D eigenvalue weighted by atomic mass is 35.5. The van der Waals surface area contributed by atoms with E-state index in [1.54, 1.807) is 11.3 Å². The fourth-order valence-corrected chi connectivity index (χ4v) is 3.94. The smallest absolute Gasteiger partial charge is 0.273 e. The number of carbonyl (C=O) groups excluding carboxylic acids is 1. The van der Waals surface area contributed by atoms with Crippen molar-refractivity contribution in [1.82, 2.24) is 15.2 Å². The van der Waals surface area contributed by atoms with Crippen LogP contribution in [0.3, 0.4) is 0 Å². The largest absolute Gasteiger partial charge is 0.337 e. The Hall–Kier alpha value is -0.360. The van der Waals surface area contributed by atoms with E-state index in [0.29, 0.717) is 17.7 Å². The van der Waals surface area contributed by atoms with E-state index in [1.165, 1.54) is 19.4 Å². The van der Waals surface area contributed by atoms with E-state index in [1.807, 2.05) is 10.3 Å². The molecule has 0 bridgehead atoms. The van der Waals surface area contributed by atoms with Crippen molar-refractivity contribution in [3.63, 3.8) is 0 Å². The van der Waals surface area contributed by atoms with Crippen LogP contribution in [0.25, 0.3) is 0 Å². The van der Waals surface area contributed by atoms with Gasteiger partial charge in [-0.3, -0.25) is 4.79 Å². The van der Waals surface area contributed by atoms with Gasteiger partial charge in [-0.1, -0.05) is 13.8 Å². The summed E-state index contributed by atoms with van der Waals surface area (Å²) in [5.74, 6) is 1.63. The van der Waals surface area contributed by atoms with Gasteiger partial charge < -0.3 is 10.2 Å². The first-order chi connectivity index (χ1) is 10.6. The second-order valence-corrected chi connectivity index (χ2v) is 8.09. The summed E-state index contributed by atoms with van der Waals surface area (Å²) in [6.07, 6.45) is 5.90. The van der Waals surface area contributed by atoms with Crippen LogP contribution in [-0.4, -0.2) is 41.5 Å². The quantitative estimate of drug-likeness (QED) is 0.799. The third-order valence-corrected chi connectivity index (χ3v) is 5.40. The van der Waals surface area contributed by atoms with Crippen LogP contribution in [0.5, 0.6) is 0 Å². The average Bonchev–Trinajstić information content (AvgIpc) is 3.23. The summed E-state index contributed by atoms with van der Waals surface area (Å²) in [4.78, 5) is 19.0. The predicted octanol–water partition coefficient (Wildman–Crippen LogP) is 3.79. The van der Waals surface area contributed by atoms with E-state index in [4.69, 9.17) is 0 Å². The summed E-state index contributed by atoms with van der Waals surface area (Å²) in [6.45, 7) is 7.25. The number of carbonyl (C=O) groups is 1. The fourth-order valence-electron chi connectivity index (χ4n) is 2.96. The molecule has 7 heteroatoms. The van der Waals surface area contributed by atoms with Crippen molar-refractivity contribution in [3.05, 3.63) is 16.1 Å². The topological polar surface area (TPSA) is 45.2 Å². The van der Waals surface area contributed by atoms with Gasteiger partial charge in [0.05, 0.1) is 5.01 Å². The maximum atomic E-state index is 12.5. The molecular formula is C17H29Cl2N3OS. The summed E-state index contributed by atoms with van der Waals surface area (Å²) >= 11 is 1.62. The van der Waals surface area contributed by atoms with Gasteiger partial charge in [0.2, 0.25) is 0 Å². The molecule has 1 aliphatic carbocycles. The van der Waals surface area contributed by atoms with Gasteiger partial charge in [0, 0.05) is 30.9 Å². The van der Waals surface area contributed by atoms with Gasteiger partial charge in [0.1, 0.15) is 5.69 Å². The summed E-state index contributed by atoms with van der Waals surface area (Å²) < 4.78 is 0. The van der Waals surface area contributed by atoms with Crippen LogP contribution in [0.15, 0.2) is 5.38 Å². The van der Waals surface area contributed by atoms with Crippen LogP contribution in [0.2, 0.25) is 0 Å². The van der Waals surface area contributed by atoms with Gasteiger partial charge in [-0.25, -0.2) is 4.98 Å². The van der Waals surface area contributed by atoms with Crippen molar-refractivity contribution in [2.75, 3.05) is 19.6 Å². The number of hydrogen-bond acceptors (Lipinski definition) is 4. The minimum absolute atomic E-state index is 0. The van der Waals surface area contributed by atoms with Crippen molar-refractivity contribution in [2.24, 2.45) is 11.8 Å². The first kappa shape index (κ1) is 21.7. The zero-order valence-electron chi connectivity index (χ0n) is 14.5. The third-order valence-electron chi connectivity index (χ3n) is 4.53. The summed E-state index contributed by atoms with van der Waals surface area (Å²) in [6, 6.07) is 0.594. The second-order valence-electron chi connectivity index (χ2n) is 7.14. The molecule has 0 spiro atoms. The molecule has 0 aromatic carbocycles. The molecule has 2 fully saturated rings. The number of amides is 1. The Labute approximate surface area is 161 Å². The van der Waals surface area contributed by atoms with E-state index >= 15 is 0 Å². The maximum absolute atomic E-state index is 12.5. The summed E-state index contributed by atoms with van der Waals surface area (Å²) in [5.41, 5.74) is 0.644. The van der Waals surface area contributed by atoms with Crippen LogP contribution in [0, 0.1) is 11.8 Å². The van der Waals surface area contributed by atoms with Crippen LogP contribution >= 0.6 is 36.2 Å². The van der Waals surface area contributed by atoms with Gasteiger partial charge in [-0.15, -0.1) is 36.2 Å². The monoisotopic (exact) mass is 393 g/mol. The third kappa shape index (κ3) is 6.17. The molecule has 1 amide bonds. The van der Waals surface area contributed by atoms with Crippen LogP contribution in [-0.2, 0) is 6.42 Å². The normalized spacial score (nSPS) is 18.2. The minimum atomic E-state index is 0. The lowest BCUT2D eigenvalue weighted by Crippen LogP contribution is -2.45. The Morgan fingerprint density at radius 3 is 2.54 bits per heavy atom. The molecule has 0 radical (unpaired) electrons. The molecule has 2 heterocycles. The lowest BCUT2D eigenvalue weighted by molar-refractivity contribution is 0.0699.